The fourth-order valence-electron chi connectivity index (χ4n) is 6.65. The first-order valence-electron chi connectivity index (χ1n) is 10.9. The summed E-state index contributed by atoms with van der Waals surface area (Å²) in [5, 5.41) is 9.27. The highest BCUT2D eigenvalue weighted by Crippen LogP contribution is 2.63. The molecule has 5 atom stereocenters. The van der Waals surface area contributed by atoms with Crippen molar-refractivity contribution in [1.29, 1.82) is 5.26 Å². The molecule has 2 aromatic rings. The Bertz CT molecular complexity index is 1090. The van der Waals surface area contributed by atoms with Crippen LogP contribution < -0.4 is 5.73 Å². The molecule has 1 fully saturated rings. The van der Waals surface area contributed by atoms with Crippen molar-refractivity contribution in [1.82, 2.24) is 4.98 Å². The number of ether oxygens (including phenoxy) is 2. The van der Waals surface area contributed by atoms with Crippen molar-refractivity contribution in [2.75, 3.05) is 13.7 Å². The normalized spacial score (nSPS) is 33.7. The Hall–Kier alpha value is -2.91. The molecule has 3 aliphatic rings. The number of hydrogen-bond donors (Lipinski definition) is 1. The lowest BCUT2D eigenvalue weighted by Gasteiger charge is -2.50. The van der Waals surface area contributed by atoms with Crippen LogP contribution >= 0.6 is 0 Å². The standard InChI is InChI=1S/C25H28N4O2/c1-15-8-24(9-16(2)22(15)30-3)10-19-5-4-18(20-6-17(11-26)12-28-13-20)7-21(19)25(24)14-31-23(27)29-25/h4-7,12-13,15-16,22H,8-10,14H2,1-3H3,(H2,27,29)/t15-,16+,22+,24+,25?. The first-order valence-corrected chi connectivity index (χ1v) is 10.9. The van der Waals surface area contributed by atoms with Crippen molar-refractivity contribution in [2.45, 2.75) is 44.8 Å². The van der Waals surface area contributed by atoms with Crippen LogP contribution in [0, 0.1) is 28.6 Å². The molecule has 6 heteroatoms. The molecule has 2 N–H and O–H groups in total. The van der Waals surface area contributed by atoms with Crippen LogP contribution in [0.2, 0.25) is 0 Å². The summed E-state index contributed by atoms with van der Waals surface area (Å²) in [6, 6.07) is 10.9. The highest BCUT2D eigenvalue weighted by Gasteiger charge is 2.63. The number of nitrogens with zero attached hydrogens (tertiary/aromatic N) is 3. The zero-order chi connectivity index (χ0) is 21.8. The van der Waals surface area contributed by atoms with Crippen molar-refractivity contribution >= 4 is 6.02 Å². The molecule has 0 amide bonds. The molecule has 5 rings (SSSR count). The van der Waals surface area contributed by atoms with Gasteiger partial charge in [-0.05, 0) is 59.9 Å². The number of amidine groups is 1. The average Bonchev–Trinajstić information content (AvgIpc) is 3.27. The molecule has 1 aromatic heterocycles. The van der Waals surface area contributed by atoms with E-state index >= 15 is 0 Å². The van der Waals surface area contributed by atoms with Gasteiger partial charge in [0.1, 0.15) is 18.2 Å². The molecule has 6 nitrogen and oxygen atoms in total. The second kappa shape index (κ2) is 7.06. The summed E-state index contributed by atoms with van der Waals surface area (Å²) >= 11 is 0. The van der Waals surface area contributed by atoms with Gasteiger partial charge >= 0.3 is 0 Å². The van der Waals surface area contributed by atoms with Crippen molar-refractivity contribution in [2.24, 2.45) is 28.0 Å². The summed E-state index contributed by atoms with van der Waals surface area (Å²) in [7, 11) is 1.82. The highest BCUT2D eigenvalue weighted by atomic mass is 16.5. The summed E-state index contributed by atoms with van der Waals surface area (Å²) in [4.78, 5) is 9.23. The number of pyridine rings is 1. The lowest BCUT2D eigenvalue weighted by Crippen LogP contribution is -2.51. The van der Waals surface area contributed by atoms with Crippen LogP contribution in [-0.4, -0.2) is 30.8 Å². The lowest BCUT2D eigenvalue weighted by molar-refractivity contribution is -0.0779. The molecule has 2 spiro atoms. The fourth-order valence-corrected chi connectivity index (χ4v) is 6.65. The van der Waals surface area contributed by atoms with E-state index in [0.29, 0.717) is 24.0 Å². The van der Waals surface area contributed by atoms with E-state index < -0.39 is 5.54 Å². The van der Waals surface area contributed by atoms with E-state index in [9.17, 15) is 5.26 Å². The van der Waals surface area contributed by atoms with E-state index in [0.717, 1.165) is 30.4 Å². The van der Waals surface area contributed by atoms with Gasteiger partial charge in [-0.3, -0.25) is 4.98 Å². The van der Waals surface area contributed by atoms with Crippen molar-refractivity contribution < 1.29 is 9.47 Å². The summed E-state index contributed by atoms with van der Waals surface area (Å²) < 4.78 is 11.7. The molecule has 1 unspecified atom stereocenters. The van der Waals surface area contributed by atoms with E-state index in [2.05, 4.69) is 43.1 Å². The summed E-state index contributed by atoms with van der Waals surface area (Å²) in [6.07, 6.45) is 6.64. The summed E-state index contributed by atoms with van der Waals surface area (Å²) in [5.74, 6) is 0.848. The molecule has 1 saturated carbocycles. The molecule has 0 bridgehead atoms. The van der Waals surface area contributed by atoms with E-state index in [1.165, 1.54) is 11.1 Å². The molecule has 31 heavy (non-hydrogen) atoms. The van der Waals surface area contributed by atoms with Crippen LogP contribution in [0.1, 0.15) is 43.4 Å². The molecular weight excluding hydrogens is 388 g/mol. The quantitative estimate of drug-likeness (QED) is 0.804. The maximum absolute atomic E-state index is 9.27. The number of nitrogens with two attached hydrogens (primary N) is 1. The van der Waals surface area contributed by atoms with Gasteiger partial charge in [-0.15, -0.1) is 0 Å². The Balaban J connectivity index is 1.63. The Morgan fingerprint density at radius 3 is 2.58 bits per heavy atom. The fraction of sp³-hybridized carbons (Fsp3) is 0.480. The molecule has 0 saturated heterocycles. The third-order valence-corrected chi connectivity index (χ3v) is 7.71. The topological polar surface area (TPSA) is 93.5 Å². The van der Waals surface area contributed by atoms with Gasteiger partial charge in [0.2, 0.25) is 0 Å². The monoisotopic (exact) mass is 416 g/mol. The first-order chi connectivity index (χ1) is 14.9. The smallest absolute Gasteiger partial charge is 0.283 e. The minimum atomic E-state index is -0.482. The van der Waals surface area contributed by atoms with Gasteiger partial charge in [-0.25, -0.2) is 4.99 Å². The number of rotatable bonds is 2. The van der Waals surface area contributed by atoms with E-state index in [4.69, 9.17) is 20.2 Å². The van der Waals surface area contributed by atoms with E-state index in [1.54, 1.807) is 12.4 Å². The van der Waals surface area contributed by atoms with Crippen LogP contribution in [0.25, 0.3) is 11.1 Å². The number of aliphatic imine (C=N–C) groups is 1. The van der Waals surface area contributed by atoms with E-state index in [1.807, 2.05) is 13.2 Å². The number of hydrogen-bond acceptors (Lipinski definition) is 6. The average molecular weight is 417 g/mol. The maximum atomic E-state index is 9.27. The number of benzene rings is 1. The van der Waals surface area contributed by atoms with Gasteiger partial charge in [0.25, 0.3) is 6.02 Å². The zero-order valence-electron chi connectivity index (χ0n) is 18.3. The third kappa shape index (κ3) is 2.87. The van der Waals surface area contributed by atoms with Crippen LogP contribution in [0.4, 0.5) is 0 Å². The van der Waals surface area contributed by atoms with Gasteiger partial charge in [-0.2, -0.15) is 5.26 Å². The second-order valence-electron chi connectivity index (χ2n) is 9.57. The predicted molar refractivity (Wildman–Crippen MR) is 118 cm³/mol. The zero-order valence-corrected chi connectivity index (χ0v) is 18.3. The molecule has 2 heterocycles. The van der Waals surface area contributed by atoms with Crippen LogP contribution in [0.3, 0.4) is 0 Å². The number of methoxy groups -OCH3 is 1. The van der Waals surface area contributed by atoms with Gasteiger partial charge in [0, 0.05) is 30.5 Å². The Morgan fingerprint density at radius 1 is 1.16 bits per heavy atom. The van der Waals surface area contributed by atoms with Gasteiger partial charge in [0.15, 0.2) is 0 Å². The molecule has 1 aromatic carbocycles. The molecule has 0 radical (unpaired) electrons. The van der Waals surface area contributed by atoms with Crippen molar-refractivity contribution in [3.63, 3.8) is 0 Å². The van der Waals surface area contributed by atoms with Crippen LogP contribution in [0.15, 0.2) is 41.7 Å². The Kier molecular flexibility index (Phi) is 4.56. The largest absolute Gasteiger partial charge is 0.462 e. The third-order valence-electron chi connectivity index (χ3n) is 7.71. The second-order valence-corrected chi connectivity index (χ2v) is 9.57. The molecule has 2 aliphatic carbocycles. The lowest BCUT2D eigenvalue weighted by atomic mass is 9.57. The first kappa shape index (κ1) is 20.0. The van der Waals surface area contributed by atoms with Gasteiger partial charge in [-0.1, -0.05) is 26.0 Å². The van der Waals surface area contributed by atoms with Crippen molar-refractivity contribution in [3.05, 3.63) is 53.3 Å². The number of nitriles is 1. The molecule has 160 valence electrons. The number of aromatic nitrogens is 1. The van der Waals surface area contributed by atoms with Gasteiger partial charge in [0.05, 0.1) is 11.7 Å². The number of fused-ring (bicyclic) bond motifs is 3. The minimum Gasteiger partial charge on any atom is -0.462 e. The van der Waals surface area contributed by atoms with Crippen LogP contribution in [-0.2, 0) is 21.4 Å². The highest BCUT2D eigenvalue weighted by molar-refractivity contribution is 5.76. The summed E-state index contributed by atoms with van der Waals surface area (Å²) in [5.41, 5.74) is 10.6. The molecule has 1 aliphatic heterocycles. The minimum absolute atomic E-state index is 0.0459. The Labute approximate surface area is 183 Å². The SMILES string of the molecule is CO[C@H]1[C@H](C)C[C@@]2(Cc3ccc(-c4cncc(C#N)c4)cc3C23COC(N)=N3)C[C@@H]1C. The van der Waals surface area contributed by atoms with Crippen LogP contribution in [0.5, 0.6) is 0 Å². The van der Waals surface area contributed by atoms with Crippen molar-refractivity contribution in [3.8, 4) is 17.2 Å². The summed E-state index contributed by atoms with van der Waals surface area (Å²) in [6.45, 7) is 5.05. The van der Waals surface area contributed by atoms with Gasteiger partial charge < -0.3 is 15.2 Å². The Morgan fingerprint density at radius 2 is 1.94 bits per heavy atom. The maximum Gasteiger partial charge on any atom is 0.283 e. The van der Waals surface area contributed by atoms with E-state index in [-0.39, 0.29) is 17.5 Å². The predicted octanol–water partition coefficient (Wildman–Crippen LogP) is 3.78. The molecular formula is C25H28N4O2.